The van der Waals surface area contributed by atoms with Crippen molar-refractivity contribution in [1.82, 2.24) is 14.9 Å². The second-order valence-electron chi connectivity index (χ2n) is 6.32. The molecule has 0 aliphatic carbocycles. The highest BCUT2D eigenvalue weighted by molar-refractivity contribution is 7.89. The maximum Gasteiger partial charge on any atom is 0.253 e. The van der Waals surface area contributed by atoms with E-state index in [0.717, 1.165) is 18.7 Å². The number of carbonyl (C=O) groups excluding carboxylic acids is 1. The Kier molecular flexibility index (Phi) is 7.38. The molecule has 1 amide bonds. The number of nitrogens with zero attached hydrogens (tertiary/aromatic N) is 1. The number of halogens is 1. The number of hydrogen-bond acceptors (Lipinski definition) is 4. The highest BCUT2D eigenvalue weighted by Crippen LogP contribution is 2.18. The van der Waals surface area contributed by atoms with E-state index in [0.29, 0.717) is 18.7 Å². The molecule has 27 heavy (non-hydrogen) atoms. The summed E-state index contributed by atoms with van der Waals surface area (Å²) in [6, 6.07) is 15.2. The maximum absolute atomic E-state index is 12.7. The summed E-state index contributed by atoms with van der Waals surface area (Å²) in [4.78, 5) is 14.4. The van der Waals surface area contributed by atoms with E-state index in [1.807, 2.05) is 30.3 Å². The van der Waals surface area contributed by atoms with Gasteiger partial charge in [0.2, 0.25) is 10.0 Å². The third-order valence-corrected chi connectivity index (χ3v) is 5.97. The van der Waals surface area contributed by atoms with E-state index in [9.17, 15) is 13.2 Å². The van der Waals surface area contributed by atoms with E-state index in [-0.39, 0.29) is 29.3 Å². The van der Waals surface area contributed by atoms with E-state index in [1.165, 1.54) is 12.1 Å². The molecule has 6 nitrogen and oxygen atoms in total. The zero-order valence-corrected chi connectivity index (χ0v) is 16.7. The monoisotopic (exact) mass is 409 g/mol. The average molecular weight is 410 g/mol. The third-order valence-electron chi connectivity index (χ3n) is 4.43. The minimum absolute atomic E-state index is 0. The summed E-state index contributed by atoms with van der Waals surface area (Å²) in [7, 11) is -3.73. The fourth-order valence-corrected chi connectivity index (χ4v) is 4.23. The van der Waals surface area contributed by atoms with E-state index < -0.39 is 10.0 Å². The molecule has 3 rings (SSSR count). The van der Waals surface area contributed by atoms with Gasteiger partial charge in [0.05, 0.1) is 4.90 Å². The van der Waals surface area contributed by atoms with Crippen LogP contribution in [-0.4, -0.2) is 45.4 Å². The van der Waals surface area contributed by atoms with Gasteiger partial charge in [-0.2, -0.15) is 0 Å². The van der Waals surface area contributed by atoms with Crippen molar-refractivity contribution in [2.75, 3.05) is 26.2 Å². The van der Waals surface area contributed by atoms with Crippen LogP contribution in [0.5, 0.6) is 0 Å². The molecule has 146 valence electrons. The molecule has 1 atom stereocenters. The van der Waals surface area contributed by atoms with Crippen LogP contribution in [0.15, 0.2) is 59.5 Å². The van der Waals surface area contributed by atoms with Crippen LogP contribution in [-0.2, 0) is 10.0 Å². The molecule has 0 bridgehead atoms. The molecule has 8 heteroatoms. The van der Waals surface area contributed by atoms with Crippen LogP contribution in [0.1, 0.15) is 28.9 Å². The number of sulfonamides is 1. The highest BCUT2D eigenvalue weighted by atomic mass is 35.5. The van der Waals surface area contributed by atoms with Crippen molar-refractivity contribution in [2.24, 2.45) is 0 Å². The van der Waals surface area contributed by atoms with Crippen molar-refractivity contribution in [3.05, 3.63) is 65.7 Å². The van der Waals surface area contributed by atoms with Crippen molar-refractivity contribution >= 4 is 28.3 Å². The van der Waals surface area contributed by atoms with Crippen LogP contribution >= 0.6 is 12.4 Å². The Balaban J connectivity index is 0.00000261. The zero-order valence-electron chi connectivity index (χ0n) is 15.1. The van der Waals surface area contributed by atoms with Gasteiger partial charge in [0.25, 0.3) is 5.91 Å². The van der Waals surface area contributed by atoms with Gasteiger partial charge in [-0.3, -0.25) is 4.79 Å². The number of benzene rings is 2. The molecular formula is C19H24ClN3O3S. The van der Waals surface area contributed by atoms with Crippen LogP contribution in [0.25, 0.3) is 0 Å². The van der Waals surface area contributed by atoms with Gasteiger partial charge in [0.15, 0.2) is 0 Å². The molecule has 1 saturated heterocycles. The van der Waals surface area contributed by atoms with E-state index in [4.69, 9.17) is 0 Å². The third kappa shape index (κ3) is 5.29. The number of piperazine rings is 1. The van der Waals surface area contributed by atoms with Crippen molar-refractivity contribution in [1.29, 1.82) is 0 Å². The molecule has 0 aromatic heterocycles. The molecule has 2 aromatic rings. The Morgan fingerprint density at radius 1 is 1.07 bits per heavy atom. The lowest BCUT2D eigenvalue weighted by Gasteiger charge is -2.27. The summed E-state index contributed by atoms with van der Waals surface area (Å²) < 4.78 is 28.1. The molecule has 1 heterocycles. The molecule has 2 N–H and O–H groups in total. The van der Waals surface area contributed by atoms with Gasteiger partial charge in [-0.15, -0.1) is 12.4 Å². The lowest BCUT2D eigenvalue weighted by atomic mass is 10.1. The Bertz CT molecular complexity index is 869. The first-order valence-corrected chi connectivity index (χ1v) is 10.1. The van der Waals surface area contributed by atoms with Gasteiger partial charge in [-0.25, -0.2) is 13.1 Å². The summed E-state index contributed by atoms with van der Waals surface area (Å²) in [5.74, 6) is -0.139. The Hall–Kier alpha value is -1.93. The standard InChI is InChI=1S/C19H23N3O3S.ClH/c1-15(16-6-3-2-4-7-16)21-26(24,25)18-9-5-8-17(14-18)19(23)22-12-10-20-11-13-22;/h2-9,14-15,20-21H,10-13H2,1H3;1H. The molecule has 0 radical (unpaired) electrons. The molecule has 1 aliphatic heterocycles. The van der Waals surface area contributed by atoms with Gasteiger partial charge in [0.1, 0.15) is 0 Å². The van der Waals surface area contributed by atoms with E-state index >= 15 is 0 Å². The topological polar surface area (TPSA) is 78.5 Å². The number of hydrogen-bond donors (Lipinski definition) is 2. The predicted molar refractivity (Wildman–Crippen MR) is 108 cm³/mol. The van der Waals surface area contributed by atoms with E-state index in [2.05, 4.69) is 10.0 Å². The molecule has 2 aromatic carbocycles. The fourth-order valence-electron chi connectivity index (χ4n) is 2.96. The van der Waals surface area contributed by atoms with Crippen molar-refractivity contribution < 1.29 is 13.2 Å². The van der Waals surface area contributed by atoms with Gasteiger partial charge in [0, 0.05) is 37.8 Å². The van der Waals surface area contributed by atoms with Crippen LogP contribution in [0, 0.1) is 0 Å². The van der Waals surface area contributed by atoms with Crippen LogP contribution in [0.4, 0.5) is 0 Å². The second-order valence-corrected chi connectivity index (χ2v) is 8.04. The second kappa shape index (κ2) is 9.32. The number of carbonyl (C=O) groups is 1. The highest BCUT2D eigenvalue weighted by Gasteiger charge is 2.22. The van der Waals surface area contributed by atoms with Crippen molar-refractivity contribution in [3.8, 4) is 0 Å². The van der Waals surface area contributed by atoms with Crippen LogP contribution in [0.2, 0.25) is 0 Å². The van der Waals surface area contributed by atoms with Crippen molar-refractivity contribution in [3.63, 3.8) is 0 Å². The van der Waals surface area contributed by atoms with Crippen LogP contribution < -0.4 is 10.0 Å². The summed E-state index contributed by atoms with van der Waals surface area (Å²) in [5, 5.41) is 3.19. The van der Waals surface area contributed by atoms with E-state index in [1.54, 1.807) is 24.0 Å². The first-order chi connectivity index (χ1) is 12.5. The smallest absolute Gasteiger partial charge is 0.253 e. The summed E-state index contributed by atoms with van der Waals surface area (Å²) in [5.41, 5.74) is 1.27. The molecule has 0 saturated carbocycles. The average Bonchev–Trinajstić information content (AvgIpc) is 2.68. The zero-order chi connectivity index (χ0) is 18.6. The van der Waals surface area contributed by atoms with Crippen molar-refractivity contribution in [2.45, 2.75) is 17.9 Å². The lowest BCUT2D eigenvalue weighted by molar-refractivity contribution is 0.0735. The minimum atomic E-state index is -3.73. The molecular weight excluding hydrogens is 386 g/mol. The van der Waals surface area contributed by atoms with Gasteiger partial charge in [-0.1, -0.05) is 36.4 Å². The summed E-state index contributed by atoms with van der Waals surface area (Å²) >= 11 is 0. The Morgan fingerprint density at radius 3 is 2.41 bits per heavy atom. The molecule has 1 aliphatic rings. The number of amides is 1. The fraction of sp³-hybridized carbons (Fsp3) is 0.316. The normalized spacial score (nSPS) is 15.7. The van der Waals surface area contributed by atoms with Gasteiger partial charge in [-0.05, 0) is 30.7 Å². The summed E-state index contributed by atoms with van der Waals surface area (Å²) in [6.07, 6.45) is 0. The first kappa shape index (κ1) is 21.4. The largest absolute Gasteiger partial charge is 0.336 e. The quantitative estimate of drug-likeness (QED) is 0.793. The number of nitrogens with one attached hydrogen (secondary N) is 2. The predicted octanol–water partition coefficient (Wildman–Crippen LogP) is 2.19. The molecule has 1 fully saturated rings. The SMILES string of the molecule is CC(NS(=O)(=O)c1cccc(C(=O)N2CCNCC2)c1)c1ccccc1.Cl. The van der Waals surface area contributed by atoms with Crippen LogP contribution in [0.3, 0.4) is 0 Å². The maximum atomic E-state index is 12.7. The Morgan fingerprint density at radius 2 is 1.74 bits per heavy atom. The molecule has 0 spiro atoms. The molecule has 1 unspecified atom stereocenters. The summed E-state index contributed by atoms with van der Waals surface area (Å²) in [6.45, 7) is 4.54. The van der Waals surface area contributed by atoms with Gasteiger partial charge < -0.3 is 10.2 Å². The first-order valence-electron chi connectivity index (χ1n) is 8.65. The van der Waals surface area contributed by atoms with Gasteiger partial charge >= 0.3 is 0 Å². The number of rotatable bonds is 5. The lowest BCUT2D eigenvalue weighted by Crippen LogP contribution is -2.46. The Labute approximate surface area is 166 Å². The minimum Gasteiger partial charge on any atom is -0.336 e.